The standard InChI is InChI=1S/C23H23ClF3N5O/c1-15-2-4-16(5-3-15)14-32-20(6-9-29-32)30-22(33)17-7-10-31(11-8-17)21-19(24)12-18(13-28-21)23(25,26)27/h2-6,9,12-13,17H,7-8,10-11,14H2,1H3,(H,30,33). The number of piperidine rings is 1. The average Bonchev–Trinajstić information content (AvgIpc) is 3.21. The van der Waals surface area contributed by atoms with Crippen LogP contribution in [0.1, 0.15) is 29.5 Å². The fraction of sp³-hybridized carbons (Fsp3) is 0.348. The van der Waals surface area contributed by atoms with Crippen LogP contribution in [-0.4, -0.2) is 33.8 Å². The smallest absolute Gasteiger partial charge is 0.355 e. The first-order valence-electron chi connectivity index (χ1n) is 10.6. The summed E-state index contributed by atoms with van der Waals surface area (Å²) in [5.74, 6) is 0.596. The number of nitrogens with zero attached hydrogens (tertiary/aromatic N) is 4. The van der Waals surface area contributed by atoms with Gasteiger partial charge in [-0.3, -0.25) is 4.79 Å². The molecular weight excluding hydrogens is 455 g/mol. The quantitative estimate of drug-likeness (QED) is 0.551. The van der Waals surface area contributed by atoms with E-state index < -0.39 is 11.7 Å². The molecule has 2 aromatic heterocycles. The number of aromatic nitrogens is 3. The summed E-state index contributed by atoms with van der Waals surface area (Å²) in [4.78, 5) is 18.6. The Bertz CT molecular complexity index is 1120. The second-order valence-corrected chi connectivity index (χ2v) is 8.54. The highest BCUT2D eigenvalue weighted by molar-refractivity contribution is 6.33. The second kappa shape index (κ2) is 9.43. The number of amides is 1. The summed E-state index contributed by atoms with van der Waals surface area (Å²) in [5, 5.41) is 7.22. The van der Waals surface area contributed by atoms with Crippen molar-refractivity contribution in [2.24, 2.45) is 5.92 Å². The van der Waals surface area contributed by atoms with Crippen LogP contribution in [0, 0.1) is 12.8 Å². The molecule has 174 valence electrons. The Balaban J connectivity index is 1.35. The van der Waals surface area contributed by atoms with Crippen molar-refractivity contribution < 1.29 is 18.0 Å². The first kappa shape index (κ1) is 23.1. The van der Waals surface area contributed by atoms with Gasteiger partial charge in [0.2, 0.25) is 5.91 Å². The van der Waals surface area contributed by atoms with Gasteiger partial charge in [-0.1, -0.05) is 41.4 Å². The molecule has 1 fully saturated rings. The number of pyridine rings is 1. The fourth-order valence-corrected chi connectivity index (χ4v) is 4.12. The van der Waals surface area contributed by atoms with E-state index in [0.717, 1.165) is 17.8 Å². The van der Waals surface area contributed by atoms with Gasteiger partial charge in [0.15, 0.2) is 0 Å². The summed E-state index contributed by atoms with van der Waals surface area (Å²) in [6.45, 7) is 3.51. The van der Waals surface area contributed by atoms with Crippen LogP contribution < -0.4 is 10.2 Å². The Morgan fingerprint density at radius 3 is 2.52 bits per heavy atom. The number of aryl methyl sites for hydroxylation is 1. The molecule has 1 N–H and O–H groups in total. The normalized spacial score (nSPS) is 15.0. The predicted molar refractivity (Wildman–Crippen MR) is 120 cm³/mol. The van der Waals surface area contributed by atoms with Crippen molar-refractivity contribution >= 4 is 29.1 Å². The maximum absolute atomic E-state index is 12.8. The monoisotopic (exact) mass is 477 g/mol. The van der Waals surface area contributed by atoms with Crippen molar-refractivity contribution in [2.45, 2.75) is 32.5 Å². The molecule has 0 aliphatic carbocycles. The molecule has 0 atom stereocenters. The van der Waals surface area contributed by atoms with Crippen LogP contribution in [0.25, 0.3) is 0 Å². The molecule has 3 aromatic rings. The number of anilines is 2. The van der Waals surface area contributed by atoms with E-state index in [1.165, 1.54) is 5.56 Å². The molecule has 1 saturated heterocycles. The number of rotatable bonds is 5. The zero-order valence-electron chi connectivity index (χ0n) is 17.9. The molecule has 0 unspecified atom stereocenters. The lowest BCUT2D eigenvalue weighted by Crippen LogP contribution is -2.39. The molecule has 1 amide bonds. The summed E-state index contributed by atoms with van der Waals surface area (Å²) in [7, 11) is 0. The Kier molecular flexibility index (Phi) is 6.60. The van der Waals surface area contributed by atoms with Crippen LogP contribution in [0.3, 0.4) is 0 Å². The van der Waals surface area contributed by atoms with Gasteiger partial charge < -0.3 is 10.2 Å². The van der Waals surface area contributed by atoms with Crippen molar-refractivity contribution in [1.29, 1.82) is 0 Å². The first-order chi connectivity index (χ1) is 15.7. The van der Waals surface area contributed by atoms with E-state index in [9.17, 15) is 18.0 Å². The van der Waals surface area contributed by atoms with E-state index in [2.05, 4.69) is 15.4 Å². The van der Waals surface area contributed by atoms with E-state index >= 15 is 0 Å². The fourth-order valence-electron chi connectivity index (χ4n) is 3.83. The van der Waals surface area contributed by atoms with Crippen LogP contribution in [-0.2, 0) is 17.5 Å². The molecule has 10 heteroatoms. The third kappa shape index (κ3) is 5.47. The SMILES string of the molecule is Cc1ccc(Cn2nccc2NC(=O)C2CCN(c3ncc(C(F)(F)F)cc3Cl)CC2)cc1. The van der Waals surface area contributed by atoms with Gasteiger partial charge in [-0.05, 0) is 31.4 Å². The van der Waals surface area contributed by atoms with Crippen molar-refractivity contribution in [2.75, 3.05) is 23.3 Å². The number of carbonyl (C=O) groups excluding carboxylic acids is 1. The topological polar surface area (TPSA) is 63.1 Å². The van der Waals surface area contributed by atoms with Crippen LogP contribution >= 0.6 is 11.6 Å². The highest BCUT2D eigenvalue weighted by Gasteiger charge is 2.33. The number of carbonyl (C=O) groups is 1. The largest absolute Gasteiger partial charge is 0.417 e. The molecule has 3 heterocycles. The van der Waals surface area contributed by atoms with E-state index in [1.807, 2.05) is 36.1 Å². The predicted octanol–water partition coefficient (Wildman–Crippen LogP) is 5.16. The van der Waals surface area contributed by atoms with Crippen molar-refractivity contribution in [3.8, 4) is 0 Å². The number of benzene rings is 1. The Morgan fingerprint density at radius 1 is 1.18 bits per heavy atom. The van der Waals surface area contributed by atoms with E-state index in [1.54, 1.807) is 16.9 Å². The number of halogens is 4. The minimum atomic E-state index is -4.49. The minimum Gasteiger partial charge on any atom is -0.355 e. The lowest BCUT2D eigenvalue weighted by molar-refractivity contribution is -0.137. The van der Waals surface area contributed by atoms with E-state index in [4.69, 9.17) is 11.6 Å². The van der Waals surface area contributed by atoms with Gasteiger partial charge >= 0.3 is 6.18 Å². The summed E-state index contributed by atoms with van der Waals surface area (Å²) < 4.78 is 40.3. The van der Waals surface area contributed by atoms with Crippen LogP contribution in [0.5, 0.6) is 0 Å². The minimum absolute atomic E-state index is 0.0484. The molecule has 0 radical (unpaired) electrons. The highest BCUT2D eigenvalue weighted by Crippen LogP contribution is 2.34. The number of hydrogen-bond donors (Lipinski definition) is 1. The summed E-state index contributed by atoms with van der Waals surface area (Å²) in [6.07, 6.45) is -0.986. The maximum Gasteiger partial charge on any atom is 0.417 e. The maximum atomic E-state index is 12.8. The third-order valence-electron chi connectivity index (χ3n) is 5.74. The molecule has 0 saturated carbocycles. The van der Waals surface area contributed by atoms with Gasteiger partial charge in [-0.15, -0.1) is 0 Å². The molecule has 1 aliphatic rings. The van der Waals surface area contributed by atoms with Crippen LogP contribution in [0.2, 0.25) is 5.02 Å². The molecule has 6 nitrogen and oxygen atoms in total. The Morgan fingerprint density at radius 2 is 1.88 bits per heavy atom. The number of hydrogen-bond acceptors (Lipinski definition) is 4. The van der Waals surface area contributed by atoms with Crippen LogP contribution in [0.15, 0.2) is 48.8 Å². The molecule has 0 bridgehead atoms. The van der Waals surface area contributed by atoms with Gasteiger partial charge in [-0.25, -0.2) is 9.67 Å². The molecule has 33 heavy (non-hydrogen) atoms. The number of nitrogens with one attached hydrogen (secondary N) is 1. The molecular formula is C23H23ClF3N5O. The van der Waals surface area contributed by atoms with E-state index in [-0.39, 0.29) is 16.8 Å². The lowest BCUT2D eigenvalue weighted by atomic mass is 9.96. The summed E-state index contributed by atoms with van der Waals surface area (Å²) >= 11 is 6.06. The van der Waals surface area contributed by atoms with Crippen molar-refractivity contribution in [3.63, 3.8) is 0 Å². The summed E-state index contributed by atoms with van der Waals surface area (Å²) in [6, 6.07) is 10.8. The zero-order valence-corrected chi connectivity index (χ0v) is 18.7. The van der Waals surface area contributed by atoms with Gasteiger partial charge in [0.25, 0.3) is 0 Å². The zero-order chi connectivity index (χ0) is 23.6. The summed E-state index contributed by atoms with van der Waals surface area (Å²) in [5.41, 5.74) is 1.37. The lowest BCUT2D eigenvalue weighted by Gasteiger charge is -2.32. The molecule has 0 spiro atoms. The van der Waals surface area contributed by atoms with Gasteiger partial charge in [0.05, 0.1) is 23.3 Å². The van der Waals surface area contributed by atoms with Gasteiger partial charge in [0, 0.05) is 31.3 Å². The highest BCUT2D eigenvalue weighted by atomic mass is 35.5. The third-order valence-corrected chi connectivity index (χ3v) is 6.01. The van der Waals surface area contributed by atoms with Crippen molar-refractivity contribution in [1.82, 2.24) is 14.8 Å². The first-order valence-corrected chi connectivity index (χ1v) is 10.9. The van der Waals surface area contributed by atoms with Crippen molar-refractivity contribution in [3.05, 3.63) is 70.5 Å². The van der Waals surface area contributed by atoms with Gasteiger partial charge in [-0.2, -0.15) is 18.3 Å². The Labute approximate surface area is 194 Å². The number of alkyl halides is 3. The van der Waals surface area contributed by atoms with Crippen LogP contribution in [0.4, 0.5) is 24.8 Å². The molecule has 1 aliphatic heterocycles. The second-order valence-electron chi connectivity index (χ2n) is 8.14. The van der Waals surface area contributed by atoms with Gasteiger partial charge in [0.1, 0.15) is 11.6 Å². The van der Waals surface area contributed by atoms with E-state index in [0.29, 0.717) is 44.1 Å². The molecule has 1 aromatic carbocycles. The molecule has 4 rings (SSSR count). The average molecular weight is 478 g/mol. The Hall–Kier alpha value is -3.07.